The Morgan fingerprint density at radius 2 is 1.68 bits per heavy atom. The Labute approximate surface area is 135 Å². The van der Waals surface area contributed by atoms with Gasteiger partial charge in [0.15, 0.2) is 0 Å². The fourth-order valence-corrected chi connectivity index (χ4v) is 4.95. The van der Waals surface area contributed by atoms with E-state index in [0.29, 0.717) is 11.3 Å². The summed E-state index contributed by atoms with van der Waals surface area (Å²) < 4.78 is 28.6. The Hall–Kier alpha value is -1.97. The van der Waals surface area contributed by atoms with E-state index in [9.17, 15) is 8.78 Å². The minimum absolute atomic E-state index is 0.415. The Morgan fingerprint density at radius 3 is 2.36 bits per heavy atom. The third-order valence-corrected chi connectivity index (χ3v) is 6.09. The fourth-order valence-electron chi connectivity index (χ4n) is 1.96. The van der Waals surface area contributed by atoms with E-state index in [0.717, 1.165) is 20.8 Å². The molecular weight excluding hydrogens is 462 g/mol. The molecule has 0 saturated heterocycles. The van der Waals surface area contributed by atoms with Gasteiger partial charge in [0, 0.05) is 0 Å². The van der Waals surface area contributed by atoms with E-state index >= 15 is 0 Å². The second-order valence-electron chi connectivity index (χ2n) is 4.49. The summed E-state index contributed by atoms with van der Waals surface area (Å²) in [6.45, 7) is 0. The van der Waals surface area contributed by atoms with Crippen LogP contribution in [0, 0.1) is 11.6 Å². The molecule has 3 rings (SSSR count). The maximum absolute atomic E-state index is 14.2. The SMILES string of the molecule is Fc1cc(F)c(-c2ccccn2)[c]([Ir+][CH2]c2ccccn2)c1. The fraction of sp³-hybridized carbons (Fsp3) is 0.0588. The van der Waals surface area contributed by atoms with E-state index in [1.165, 1.54) is 6.07 Å². The van der Waals surface area contributed by atoms with Crippen LogP contribution in [-0.4, -0.2) is 9.97 Å². The molecular formula is C17H12F2IrN2+. The number of aromatic nitrogens is 2. The number of nitrogens with zero attached hydrogens (tertiary/aromatic N) is 2. The van der Waals surface area contributed by atoms with Crippen LogP contribution in [0.5, 0.6) is 0 Å². The third-order valence-electron chi connectivity index (χ3n) is 2.94. The average Bonchev–Trinajstić information content (AvgIpc) is 2.54. The molecule has 2 nitrogen and oxygen atoms in total. The van der Waals surface area contributed by atoms with Gasteiger partial charge in [-0.05, 0) is 0 Å². The quantitative estimate of drug-likeness (QED) is 0.580. The number of halogens is 2. The van der Waals surface area contributed by atoms with Gasteiger partial charge in [-0.15, -0.1) is 0 Å². The van der Waals surface area contributed by atoms with Crippen molar-refractivity contribution in [2.45, 2.75) is 4.93 Å². The number of pyridine rings is 2. The van der Waals surface area contributed by atoms with Crippen LogP contribution in [0.25, 0.3) is 11.3 Å². The molecule has 2 heterocycles. The number of benzene rings is 1. The van der Waals surface area contributed by atoms with Gasteiger partial charge in [-0.3, -0.25) is 0 Å². The van der Waals surface area contributed by atoms with Crippen LogP contribution < -0.4 is 4.08 Å². The van der Waals surface area contributed by atoms with E-state index in [2.05, 4.69) is 9.97 Å². The van der Waals surface area contributed by atoms with Crippen molar-refractivity contribution in [2.75, 3.05) is 0 Å². The van der Waals surface area contributed by atoms with Crippen LogP contribution in [0.15, 0.2) is 60.9 Å². The maximum atomic E-state index is 14.2. The predicted molar refractivity (Wildman–Crippen MR) is 77.2 cm³/mol. The van der Waals surface area contributed by atoms with Gasteiger partial charge in [-0.25, -0.2) is 0 Å². The van der Waals surface area contributed by atoms with Crippen molar-refractivity contribution in [1.29, 1.82) is 0 Å². The molecule has 0 fully saturated rings. The van der Waals surface area contributed by atoms with Gasteiger partial charge in [0.25, 0.3) is 0 Å². The van der Waals surface area contributed by atoms with Crippen LogP contribution in [-0.2, 0) is 22.6 Å². The van der Waals surface area contributed by atoms with Crippen molar-refractivity contribution in [1.82, 2.24) is 9.97 Å². The van der Waals surface area contributed by atoms with Crippen molar-refractivity contribution in [2.24, 2.45) is 0 Å². The summed E-state index contributed by atoms with van der Waals surface area (Å²) in [5.74, 6) is -1.10. The van der Waals surface area contributed by atoms with Gasteiger partial charge < -0.3 is 0 Å². The van der Waals surface area contributed by atoms with E-state index in [-0.39, 0.29) is 0 Å². The Bertz CT molecular complexity index is 764. The first-order valence-electron chi connectivity index (χ1n) is 6.58. The van der Waals surface area contributed by atoms with E-state index in [4.69, 9.17) is 0 Å². The second-order valence-corrected chi connectivity index (χ2v) is 7.48. The van der Waals surface area contributed by atoms with Crippen molar-refractivity contribution in [3.63, 3.8) is 0 Å². The average molecular weight is 475 g/mol. The molecule has 0 bridgehead atoms. The molecule has 112 valence electrons. The normalized spacial score (nSPS) is 10.8. The molecule has 0 saturated carbocycles. The second kappa shape index (κ2) is 6.86. The Balaban J connectivity index is 1.96. The number of hydrogen-bond donors (Lipinski definition) is 0. The number of hydrogen-bond acceptors (Lipinski definition) is 2. The first kappa shape index (κ1) is 14.9. The molecule has 0 unspecified atom stereocenters. The van der Waals surface area contributed by atoms with Crippen molar-refractivity contribution < 1.29 is 26.5 Å². The Morgan fingerprint density at radius 1 is 0.909 bits per heavy atom. The van der Waals surface area contributed by atoms with Gasteiger partial charge in [0.2, 0.25) is 0 Å². The first-order chi connectivity index (χ1) is 10.7. The standard InChI is InChI=1S/C11H6F2N.C6H6N.Ir/c12-8-4-5-9(10(13)7-8)11-3-1-2-6-14-11;1-6-4-2-3-5-7-6;/h1-4,6-7H;2-5H,1H2;/q;;+1. The van der Waals surface area contributed by atoms with Gasteiger partial charge in [-0.2, -0.15) is 0 Å². The summed E-state index contributed by atoms with van der Waals surface area (Å²) >= 11 is -0.767. The zero-order chi connectivity index (χ0) is 15.4. The number of rotatable bonds is 4. The van der Waals surface area contributed by atoms with Crippen molar-refractivity contribution in [3.8, 4) is 11.3 Å². The van der Waals surface area contributed by atoms with Gasteiger partial charge in [-0.1, -0.05) is 0 Å². The third kappa shape index (κ3) is 3.43. The van der Waals surface area contributed by atoms with Crippen molar-refractivity contribution >= 4 is 4.08 Å². The molecule has 22 heavy (non-hydrogen) atoms. The summed E-state index contributed by atoms with van der Waals surface area (Å²) in [6, 6.07) is 13.4. The predicted octanol–water partition coefficient (Wildman–Crippen LogP) is 3.33. The van der Waals surface area contributed by atoms with E-state index in [1.807, 2.05) is 18.2 Å². The first-order valence-corrected chi connectivity index (χ1v) is 9.47. The molecule has 0 radical (unpaired) electrons. The van der Waals surface area contributed by atoms with Gasteiger partial charge >= 0.3 is 135 Å². The molecule has 1 aromatic carbocycles. The summed E-state index contributed by atoms with van der Waals surface area (Å²) in [4.78, 5) is 9.21. The molecule has 0 aliphatic heterocycles. The minimum atomic E-state index is -0.767. The molecule has 0 spiro atoms. The molecule has 0 atom stereocenters. The molecule has 0 aliphatic rings. The molecule has 0 N–H and O–H groups in total. The van der Waals surface area contributed by atoms with E-state index in [1.54, 1.807) is 30.6 Å². The molecule has 5 heteroatoms. The molecule has 2 aromatic heterocycles. The summed E-state index contributed by atoms with van der Waals surface area (Å²) in [5, 5.41) is 0. The molecule has 0 aliphatic carbocycles. The monoisotopic (exact) mass is 475 g/mol. The summed E-state index contributed by atoms with van der Waals surface area (Å²) in [7, 11) is 0. The van der Waals surface area contributed by atoms with Gasteiger partial charge in [0.1, 0.15) is 0 Å². The molecule has 3 aromatic rings. The van der Waals surface area contributed by atoms with Crippen LogP contribution >= 0.6 is 0 Å². The Kier molecular flexibility index (Phi) is 4.66. The molecule has 0 amide bonds. The zero-order valence-corrected chi connectivity index (χ0v) is 13.9. The van der Waals surface area contributed by atoms with Crippen LogP contribution in [0.3, 0.4) is 0 Å². The zero-order valence-electron chi connectivity index (χ0n) is 11.5. The van der Waals surface area contributed by atoms with Crippen LogP contribution in [0.4, 0.5) is 8.78 Å². The van der Waals surface area contributed by atoms with Crippen molar-refractivity contribution in [3.05, 3.63) is 78.3 Å². The van der Waals surface area contributed by atoms with Crippen LogP contribution in [0.2, 0.25) is 0 Å². The summed E-state index contributed by atoms with van der Waals surface area (Å²) in [5.41, 5.74) is 1.90. The van der Waals surface area contributed by atoms with Gasteiger partial charge in [0.05, 0.1) is 0 Å². The topological polar surface area (TPSA) is 25.8 Å². The summed E-state index contributed by atoms with van der Waals surface area (Å²) in [6.07, 6.45) is 3.34. The van der Waals surface area contributed by atoms with Crippen LogP contribution in [0.1, 0.15) is 5.69 Å². The van der Waals surface area contributed by atoms with E-state index < -0.39 is 29.3 Å².